The van der Waals surface area contributed by atoms with E-state index in [-0.39, 0.29) is 8.68 Å². The number of nitrogens with one attached hydrogen (secondary N) is 1. The maximum atomic E-state index is 13.3. The lowest BCUT2D eigenvalue weighted by atomic mass is 10.2. The van der Waals surface area contributed by atoms with Crippen molar-refractivity contribution in [1.29, 1.82) is 0 Å². The molecule has 1 heterocycles. The smallest absolute Gasteiger partial charge is 0.271 e. The van der Waals surface area contributed by atoms with Gasteiger partial charge in [0.1, 0.15) is 10.0 Å². The van der Waals surface area contributed by atoms with Crippen molar-refractivity contribution in [3.63, 3.8) is 0 Å². The second-order valence-electron chi connectivity index (χ2n) is 4.21. The van der Waals surface area contributed by atoms with Crippen molar-refractivity contribution in [3.05, 3.63) is 43.4 Å². The van der Waals surface area contributed by atoms with Crippen LogP contribution in [0, 0.1) is 19.7 Å². The minimum atomic E-state index is -3.67. The third-order valence-corrected chi connectivity index (χ3v) is 7.19. The number of hydrogen-bond donors (Lipinski definition) is 1. The van der Waals surface area contributed by atoms with Crippen LogP contribution in [0.15, 0.2) is 30.7 Å². The molecular weight excluding hydrogens is 433 g/mol. The third kappa shape index (κ3) is 3.24. The Bertz CT molecular complexity index is 753. The Hall–Kier alpha value is -0.440. The largest absolute Gasteiger partial charge is 0.279 e. The lowest BCUT2D eigenvalue weighted by Crippen LogP contribution is -2.12. The average Bonchev–Trinajstić information content (AvgIpc) is 2.67. The summed E-state index contributed by atoms with van der Waals surface area (Å²) in [4.78, 5) is 0. The summed E-state index contributed by atoms with van der Waals surface area (Å²) in [6.45, 7) is 3.46. The molecule has 0 aliphatic heterocycles. The lowest BCUT2D eigenvalue weighted by molar-refractivity contribution is 0.602. The third-order valence-electron chi connectivity index (χ3n) is 2.61. The molecule has 0 unspecified atom stereocenters. The number of hydrogen-bond acceptors (Lipinski definition) is 3. The van der Waals surface area contributed by atoms with E-state index in [9.17, 15) is 12.8 Å². The number of halogens is 3. The summed E-state index contributed by atoms with van der Waals surface area (Å²) in [5.74, 6) is -0.430. The molecular formula is C12H10Br2FNO2S2. The van der Waals surface area contributed by atoms with Crippen molar-refractivity contribution in [3.8, 4) is 0 Å². The second-order valence-corrected chi connectivity index (χ2v) is 9.34. The number of sulfonamides is 1. The zero-order valence-electron chi connectivity index (χ0n) is 10.5. The van der Waals surface area contributed by atoms with Crippen LogP contribution in [0.5, 0.6) is 0 Å². The summed E-state index contributed by atoms with van der Waals surface area (Å²) in [6.07, 6.45) is 0. The molecule has 0 saturated heterocycles. The number of rotatable bonds is 3. The molecule has 2 rings (SSSR count). The van der Waals surface area contributed by atoms with Gasteiger partial charge in [0.05, 0.1) is 13.9 Å². The van der Waals surface area contributed by atoms with Crippen LogP contribution >= 0.6 is 43.2 Å². The predicted molar refractivity (Wildman–Crippen MR) is 86.4 cm³/mol. The van der Waals surface area contributed by atoms with Crippen LogP contribution in [-0.2, 0) is 10.0 Å². The maximum absolute atomic E-state index is 13.3. The summed E-state index contributed by atoms with van der Waals surface area (Å²) < 4.78 is 41.6. The fraction of sp³-hybridized carbons (Fsp3) is 0.167. The Labute approximate surface area is 137 Å². The minimum Gasteiger partial charge on any atom is -0.279 e. The van der Waals surface area contributed by atoms with Gasteiger partial charge in [-0.15, -0.1) is 11.3 Å². The highest BCUT2D eigenvalue weighted by Gasteiger charge is 2.19. The van der Waals surface area contributed by atoms with Crippen LogP contribution in [0.1, 0.15) is 11.1 Å². The highest BCUT2D eigenvalue weighted by Crippen LogP contribution is 2.32. The summed E-state index contributed by atoms with van der Waals surface area (Å²) in [6, 6.07) is 4.28. The molecule has 1 aromatic heterocycles. The van der Waals surface area contributed by atoms with Gasteiger partial charge in [0.15, 0.2) is 0 Å². The quantitative estimate of drug-likeness (QED) is 0.739. The Kier molecular flexibility index (Phi) is 4.58. The molecule has 0 atom stereocenters. The van der Waals surface area contributed by atoms with Gasteiger partial charge in [0, 0.05) is 0 Å². The Balaban J connectivity index is 2.40. The van der Waals surface area contributed by atoms with Crippen LogP contribution in [0.3, 0.4) is 0 Å². The van der Waals surface area contributed by atoms with Crippen molar-refractivity contribution in [2.45, 2.75) is 18.1 Å². The van der Waals surface area contributed by atoms with Gasteiger partial charge in [-0.1, -0.05) is 0 Å². The summed E-state index contributed by atoms with van der Waals surface area (Å²) in [5.41, 5.74) is 1.72. The number of anilines is 1. The fourth-order valence-electron chi connectivity index (χ4n) is 1.52. The number of benzene rings is 1. The first kappa shape index (κ1) is 15.9. The molecule has 20 heavy (non-hydrogen) atoms. The van der Waals surface area contributed by atoms with E-state index in [0.717, 1.165) is 20.7 Å². The number of thiophene rings is 1. The first-order valence-corrected chi connectivity index (χ1v) is 9.33. The molecule has 1 N–H and O–H groups in total. The molecule has 0 saturated carbocycles. The van der Waals surface area contributed by atoms with Gasteiger partial charge in [-0.2, -0.15) is 0 Å². The zero-order valence-corrected chi connectivity index (χ0v) is 15.3. The zero-order chi connectivity index (χ0) is 15.1. The topological polar surface area (TPSA) is 46.2 Å². The molecule has 0 aliphatic rings. The van der Waals surface area contributed by atoms with Crippen molar-refractivity contribution in [2.24, 2.45) is 0 Å². The van der Waals surface area contributed by atoms with E-state index in [2.05, 4.69) is 36.6 Å². The van der Waals surface area contributed by atoms with Crippen LogP contribution in [-0.4, -0.2) is 8.42 Å². The van der Waals surface area contributed by atoms with Crippen molar-refractivity contribution in [2.75, 3.05) is 4.72 Å². The normalized spacial score (nSPS) is 11.7. The Morgan fingerprint density at radius 3 is 2.35 bits per heavy atom. The van der Waals surface area contributed by atoms with Gasteiger partial charge in [-0.05, 0) is 75.0 Å². The average molecular weight is 443 g/mol. The minimum absolute atomic E-state index is 0.210. The molecule has 0 bridgehead atoms. The first-order valence-electron chi connectivity index (χ1n) is 5.45. The van der Waals surface area contributed by atoms with Gasteiger partial charge < -0.3 is 0 Å². The molecule has 3 nitrogen and oxygen atoms in total. The molecule has 0 spiro atoms. The predicted octanol–water partition coefficient (Wildman–Crippen LogP) is 4.83. The summed E-state index contributed by atoms with van der Waals surface area (Å²) in [5, 5.41) is 0. The Morgan fingerprint density at radius 2 is 1.80 bits per heavy atom. The van der Waals surface area contributed by atoms with Gasteiger partial charge in [0.2, 0.25) is 0 Å². The van der Waals surface area contributed by atoms with E-state index in [1.807, 2.05) is 6.92 Å². The molecule has 0 amide bonds. The Morgan fingerprint density at radius 1 is 1.15 bits per heavy atom. The van der Waals surface area contributed by atoms with Gasteiger partial charge in [-0.3, -0.25) is 4.72 Å². The van der Waals surface area contributed by atoms with Crippen LogP contribution in [0.4, 0.5) is 10.1 Å². The second kappa shape index (κ2) is 5.75. The van der Waals surface area contributed by atoms with Gasteiger partial charge >= 0.3 is 0 Å². The monoisotopic (exact) mass is 441 g/mol. The fourth-order valence-corrected chi connectivity index (χ4v) is 5.21. The van der Waals surface area contributed by atoms with Crippen molar-refractivity contribution < 1.29 is 12.8 Å². The maximum Gasteiger partial charge on any atom is 0.271 e. The highest BCUT2D eigenvalue weighted by molar-refractivity contribution is 9.11. The van der Waals surface area contributed by atoms with E-state index in [1.165, 1.54) is 12.1 Å². The van der Waals surface area contributed by atoms with Crippen LogP contribution in [0.2, 0.25) is 0 Å². The number of aryl methyl sites for hydroxylation is 2. The molecule has 8 heteroatoms. The van der Waals surface area contributed by atoms with Gasteiger partial charge in [0.25, 0.3) is 10.0 Å². The van der Waals surface area contributed by atoms with Crippen molar-refractivity contribution in [1.82, 2.24) is 0 Å². The molecule has 0 fully saturated rings. The van der Waals surface area contributed by atoms with E-state index in [0.29, 0.717) is 11.3 Å². The SMILES string of the molecule is Cc1cc(F)c(Br)cc1NS(=O)(=O)c1cc(C)c(Br)s1. The molecule has 0 aliphatic carbocycles. The van der Waals surface area contributed by atoms with E-state index < -0.39 is 15.8 Å². The van der Waals surface area contributed by atoms with E-state index in [4.69, 9.17) is 0 Å². The van der Waals surface area contributed by atoms with Crippen LogP contribution < -0.4 is 4.72 Å². The molecule has 2 aromatic rings. The molecule has 108 valence electrons. The van der Waals surface area contributed by atoms with Gasteiger partial charge in [-0.25, -0.2) is 12.8 Å². The van der Waals surface area contributed by atoms with Crippen LogP contribution in [0.25, 0.3) is 0 Å². The van der Waals surface area contributed by atoms with Crippen molar-refractivity contribution >= 4 is 58.9 Å². The lowest BCUT2D eigenvalue weighted by Gasteiger charge is -2.10. The first-order chi connectivity index (χ1) is 9.20. The van der Waals surface area contributed by atoms with E-state index in [1.54, 1.807) is 13.0 Å². The van der Waals surface area contributed by atoms with E-state index >= 15 is 0 Å². The summed E-state index contributed by atoms with van der Waals surface area (Å²) >= 11 is 7.48. The highest BCUT2D eigenvalue weighted by atomic mass is 79.9. The molecule has 1 aromatic carbocycles. The molecule has 0 radical (unpaired) electrons. The summed E-state index contributed by atoms with van der Waals surface area (Å²) in [7, 11) is -3.67. The standard InChI is InChI=1S/C12H10Br2FNO2S2/c1-6-3-9(15)8(13)5-10(6)16-20(17,18)11-4-7(2)12(14)19-11/h3-5,16H,1-2H3.